The highest BCUT2D eigenvalue weighted by atomic mass is 32.2. The highest BCUT2D eigenvalue weighted by molar-refractivity contribution is 7.90. The van der Waals surface area contributed by atoms with Crippen molar-refractivity contribution in [2.45, 2.75) is 31.2 Å². The smallest absolute Gasteiger partial charge is 0.288 e. The fourth-order valence-corrected chi connectivity index (χ4v) is 2.90. The molecule has 1 aromatic rings. The SMILES string of the molecule is CC(C)CC(CO)Nc1ccc([N+](=O)[O-])c(S(C)(=O)=O)c1. The van der Waals surface area contributed by atoms with Crippen molar-refractivity contribution in [3.05, 3.63) is 28.3 Å². The van der Waals surface area contributed by atoms with E-state index in [1.807, 2.05) is 13.8 Å². The summed E-state index contributed by atoms with van der Waals surface area (Å²) in [5.41, 5.74) is -0.0202. The molecule has 2 N–H and O–H groups in total. The highest BCUT2D eigenvalue weighted by Gasteiger charge is 2.23. The predicted molar refractivity (Wildman–Crippen MR) is 80.2 cm³/mol. The van der Waals surface area contributed by atoms with E-state index in [1.54, 1.807) is 0 Å². The Balaban J connectivity index is 3.14. The molecule has 0 fully saturated rings. The van der Waals surface area contributed by atoms with Crippen molar-refractivity contribution >= 4 is 21.2 Å². The van der Waals surface area contributed by atoms with Crippen LogP contribution in [0.2, 0.25) is 0 Å². The lowest BCUT2D eigenvalue weighted by atomic mass is 10.0. The van der Waals surface area contributed by atoms with E-state index < -0.39 is 20.4 Å². The van der Waals surface area contributed by atoms with Crippen molar-refractivity contribution in [2.24, 2.45) is 5.92 Å². The lowest BCUT2D eigenvalue weighted by Gasteiger charge is -2.19. The first-order valence-corrected chi connectivity index (χ1v) is 8.40. The van der Waals surface area contributed by atoms with Crippen LogP contribution in [0.5, 0.6) is 0 Å². The van der Waals surface area contributed by atoms with Crippen LogP contribution in [0.4, 0.5) is 11.4 Å². The van der Waals surface area contributed by atoms with Gasteiger partial charge in [-0.15, -0.1) is 0 Å². The first-order valence-electron chi connectivity index (χ1n) is 6.51. The van der Waals surface area contributed by atoms with Gasteiger partial charge >= 0.3 is 0 Å². The summed E-state index contributed by atoms with van der Waals surface area (Å²) >= 11 is 0. The third-order valence-electron chi connectivity index (χ3n) is 2.90. The molecule has 0 spiro atoms. The number of benzene rings is 1. The van der Waals surface area contributed by atoms with Gasteiger partial charge in [-0.1, -0.05) is 13.8 Å². The minimum absolute atomic E-state index is 0.108. The lowest BCUT2D eigenvalue weighted by Crippen LogP contribution is -2.25. The monoisotopic (exact) mass is 316 g/mol. The van der Waals surface area contributed by atoms with Crippen LogP contribution in [0.15, 0.2) is 23.1 Å². The van der Waals surface area contributed by atoms with Crippen LogP contribution in [-0.2, 0) is 9.84 Å². The van der Waals surface area contributed by atoms with Gasteiger partial charge in [0.25, 0.3) is 5.69 Å². The van der Waals surface area contributed by atoms with Gasteiger partial charge in [-0.3, -0.25) is 10.1 Å². The average molecular weight is 316 g/mol. The van der Waals surface area contributed by atoms with E-state index in [4.69, 9.17) is 0 Å². The van der Waals surface area contributed by atoms with Gasteiger partial charge in [-0.05, 0) is 24.5 Å². The van der Waals surface area contributed by atoms with Gasteiger partial charge in [0.05, 0.1) is 11.5 Å². The Morgan fingerprint density at radius 1 is 1.38 bits per heavy atom. The maximum Gasteiger partial charge on any atom is 0.288 e. The van der Waals surface area contributed by atoms with Crippen LogP contribution in [-0.4, -0.2) is 37.4 Å². The highest BCUT2D eigenvalue weighted by Crippen LogP contribution is 2.27. The molecule has 0 bridgehead atoms. The second-order valence-corrected chi connectivity index (χ2v) is 7.35. The van der Waals surface area contributed by atoms with Crippen LogP contribution in [0, 0.1) is 16.0 Å². The Morgan fingerprint density at radius 3 is 2.43 bits per heavy atom. The number of nitro benzene ring substituents is 1. The number of nitrogens with one attached hydrogen (secondary N) is 1. The standard InChI is InChI=1S/C13H20N2O5S/c1-9(2)6-11(8-16)14-10-4-5-12(15(17)18)13(7-10)21(3,19)20/h4-5,7,9,11,14,16H,6,8H2,1-3H3. The summed E-state index contributed by atoms with van der Waals surface area (Å²) in [7, 11) is -3.71. The second kappa shape index (κ2) is 6.86. The summed E-state index contributed by atoms with van der Waals surface area (Å²) in [6.45, 7) is 3.90. The van der Waals surface area contributed by atoms with E-state index in [9.17, 15) is 23.6 Å². The summed E-state index contributed by atoms with van der Waals surface area (Å²) in [5, 5.41) is 23.2. The molecule has 1 aromatic carbocycles. The van der Waals surface area contributed by atoms with Crippen molar-refractivity contribution in [3.8, 4) is 0 Å². The molecule has 0 aliphatic rings. The van der Waals surface area contributed by atoms with E-state index in [0.29, 0.717) is 18.0 Å². The minimum Gasteiger partial charge on any atom is -0.394 e. The number of aliphatic hydroxyl groups is 1. The molecule has 7 nitrogen and oxygen atoms in total. The first-order chi connectivity index (χ1) is 9.65. The number of nitro groups is 1. The molecule has 0 saturated heterocycles. The van der Waals surface area contributed by atoms with Gasteiger partial charge < -0.3 is 10.4 Å². The molecule has 0 heterocycles. The normalized spacial score (nSPS) is 13.2. The molecule has 1 unspecified atom stereocenters. The summed E-state index contributed by atoms with van der Waals surface area (Å²) in [5.74, 6) is 0.349. The molecule has 0 aliphatic carbocycles. The van der Waals surface area contributed by atoms with E-state index in [-0.39, 0.29) is 17.5 Å². The Bertz CT molecular complexity index is 613. The molecule has 1 atom stereocenters. The topological polar surface area (TPSA) is 110 Å². The predicted octanol–water partition coefficient (Wildman–Crippen LogP) is 1.82. The van der Waals surface area contributed by atoms with E-state index in [2.05, 4.69) is 5.32 Å². The number of hydrogen-bond donors (Lipinski definition) is 2. The van der Waals surface area contributed by atoms with Crippen molar-refractivity contribution < 1.29 is 18.4 Å². The third kappa shape index (κ3) is 4.98. The molecule has 0 aliphatic heterocycles. The van der Waals surface area contributed by atoms with Crippen LogP contribution in [0.25, 0.3) is 0 Å². The van der Waals surface area contributed by atoms with Crippen molar-refractivity contribution in [2.75, 3.05) is 18.2 Å². The largest absolute Gasteiger partial charge is 0.394 e. The third-order valence-corrected chi connectivity index (χ3v) is 4.03. The molecule has 1 rings (SSSR count). The number of anilines is 1. The van der Waals surface area contributed by atoms with E-state index in [1.165, 1.54) is 12.1 Å². The molecule has 0 amide bonds. The molecule has 8 heteroatoms. The minimum atomic E-state index is -3.71. The zero-order valence-electron chi connectivity index (χ0n) is 12.2. The lowest BCUT2D eigenvalue weighted by molar-refractivity contribution is -0.387. The Hall–Kier alpha value is -1.67. The quantitative estimate of drug-likeness (QED) is 0.586. The number of hydrogen-bond acceptors (Lipinski definition) is 6. The summed E-state index contributed by atoms with van der Waals surface area (Å²) in [6.07, 6.45) is 1.62. The van der Waals surface area contributed by atoms with Crippen molar-refractivity contribution in [1.82, 2.24) is 0 Å². The van der Waals surface area contributed by atoms with Crippen LogP contribution in [0.1, 0.15) is 20.3 Å². The molecule has 0 radical (unpaired) electrons. The Labute approximate surface area is 124 Å². The number of nitrogens with zero attached hydrogens (tertiary/aromatic N) is 1. The van der Waals surface area contributed by atoms with Crippen LogP contribution >= 0.6 is 0 Å². The van der Waals surface area contributed by atoms with Gasteiger partial charge in [-0.2, -0.15) is 0 Å². The van der Waals surface area contributed by atoms with Crippen molar-refractivity contribution in [1.29, 1.82) is 0 Å². The van der Waals surface area contributed by atoms with Gasteiger partial charge in [-0.25, -0.2) is 8.42 Å². The summed E-state index contributed by atoms with van der Waals surface area (Å²) < 4.78 is 23.3. The van der Waals surface area contributed by atoms with Gasteiger partial charge in [0.2, 0.25) is 0 Å². The zero-order chi connectivity index (χ0) is 16.2. The molecular formula is C13H20N2O5S. The maximum atomic E-state index is 11.7. The summed E-state index contributed by atoms with van der Waals surface area (Å²) in [6, 6.07) is 3.59. The van der Waals surface area contributed by atoms with E-state index >= 15 is 0 Å². The van der Waals surface area contributed by atoms with Gasteiger partial charge in [0, 0.05) is 24.1 Å². The molecule has 0 aromatic heterocycles. The van der Waals surface area contributed by atoms with Crippen molar-refractivity contribution in [3.63, 3.8) is 0 Å². The molecule has 0 saturated carbocycles. The van der Waals surface area contributed by atoms with E-state index in [0.717, 1.165) is 12.3 Å². The average Bonchev–Trinajstić information content (AvgIpc) is 2.36. The summed E-state index contributed by atoms with van der Waals surface area (Å²) in [4.78, 5) is 9.83. The molecular weight excluding hydrogens is 296 g/mol. The fourth-order valence-electron chi connectivity index (χ4n) is 2.04. The first kappa shape index (κ1) is 17.4. The number of rotatable bonds is 7. The Kier molecular flexibility index (Phi) is 5.68. The molecule has 118 valence electrons. The number of sulfone groups is 1. The maximum absolute atomic E-state index is 11.7. The van der Waals surface area contributed by atoms with Crippen LogP contribution in [0.3, 0.4) is 0 Å². The second-order valence-electron chi connectivity index (χ2n) is 5.37. The fraction of sp³-hybridized carbons (Fsp3) is 0.538. The molecule has 21 heavy (non-hydrogen) atoms. The van der Waals surface area contributed by atoms with Gasteiger partial charge in [0.1, 0.15) is 4.90 Å². The van der Waals surface area contributed by atoms with Gasteiger partial charge in [0.15, 0.2) is 9.84 Å². The Morgan fingerprint density at radius 2 is 2.00 bits per heavy atom. The van der Waals surface area contributed by atoms with Crippen LogP contribution < -0.4 is 5.32 Å². The number of aliphatic hydroxyl groups excluding tert-OH is 1. The zero-order valence-corrected chi connectivity index (χ0v) is 13.1.